The fraction of sp³-hybridized carbons (Fsp3) is 0.909. The van der Waals surface area contributed by atoms with Gasteiger partial charge in [0, 0.05) is 6.54 Å². The summed E-state index contributed by atoms with van der Waals surface area (Å²) in [4.78, 5) is 13.7. The SMILES string of the molecule is CCN(CC)C1(C(=O)O)CCNCC1C. The molecule has 1 saturated heterocycles. The Bertz CT molecular complexity index is 229. The van der Waals surface area contributed by atoms with Crippen molar-refractivity contribution in [2.75, 3.05) is 26.2 Å². The average Bonchev–Trinajstić information content (AvgIpc) is 2.22. The third kappa shape index (κ3) is 2.01. The molecule has 0 bridgehead atoms. The summed E-state index contributed by atoms with van der Waals surface area (Å²) in [5.74, 6) is -0.510. The molecule has 0 saturated carbocycles. The molecule has 0 aromatic rings. The van der Waals surface area contributed by atoms with Gasteiger partial charge in [0.25, 0.3) is 0 Å². The number of nitrogens with one attached hydrogen (secondary N) is 1. The molecule has 2 N–H and O–H groups in total. The number of hydrogen-bond acceptors (Lipinski definition) is 3. The van der Waals surface area contributed by atoms with Crippen molar-refractivity contribution in [3.05, 3.63) is 0 Å². The molecule has 4 heteroatoms. The molecule has 1 heterocycles. The largest absolute Gasteiger partial charge is 0.480 e. The monoisotopic (exact) mass is 214 g/mol. The van der Waals surface area contributed by atoms with E-state index in [0.717, 1.165) is 26.2 Å². The molecule has 0 aromatic heterocycles. The molecule has 2 atom stereocenters. The molecule has 0 aliphatic carbocycles. The second-order valence-corrected chi connectivity index (χ2v) is 4.26. The van der Waals surface area contributed by atoms with E-state index in [-0.39, 0.29) is 5.92 Å². The minimum atomic E-state index is -0.666. The fourth-order valence-corrected chi connectivity index (χ4v) is 2.72. The quantitative estimate of drug-likeness (QED) is 0.726. The van der Waals surface area contributed by atoms with Crippen LogP contribution in [0.15, 0.2) is 0 Å². The molecular formula is C11H22N2O2. The second kappa shape index (κ2) is 4.94. The summed E-state index contributed by atoms with van der Waals surface area (Å²) in [5, 5.41) is 12.8. The Labute approximate surface area is 91.6 Å². The summed E-state index contributed by atoms with van der Waals surface area (Å²) >= 11 is 0. The van der Waals surface area contributed by atoms with Gasteiger partial charge in [0.15, 0.2) is 0 Å². The van der Waals surface area contributed by atoms with Gasteiger partial charge in [0.1, 0.15) is 5.54 Å². The van der Waals surface area contributed by atoms with E-state index < -0.39 is 11.5 Å². The number of nitrogens with zero attached hydrogens (tertiary/aromatic N) is 1. The molecule has 4 nitrogen and oxygen atoms in total. The summed E-state index contributed by atoms with van der Waals surface area (Å²) < 4.78 is 0. The van der Waals surface area contributed by atoms with Gasteiger partial charge in [0.05, 0.1) is 0 Å². The minimum absolute atomic E-state index is 0.156. The van der Waals surface area contributed by atoms with Crippen molar-refractivity contribution in [2.24, 2.45) is 5.92 Å². The van der Waals surface area contributed by atoms with Gasteiger partial charge in [-0.2, -0.15) is 0 Å². The third-order valence-corrected chi connectivity index (χ3v) is 3.65. The number of likely N-dealkylation sites (N-methyl/N-ethyl adjacent to an activating group) is 1. The number of hydrogen-bond donors (Lipinski definition) is 2. The van der Waals surface area contributed by atoms with Crippen LogP contribution in [-0.4, -0.2) is 47.7 Å². The highest BCUT2D eigenvalue weighted by Gasteiger charge is 2.48. The first-order chi connectivity index (χ1) is 7.09. The molecule has 1 fully saturated rings. The summed E-state index contributed by atoms with van der Waals surface area (Å²) in [6.07, 6.45) is 0.700. The van der Waals surface area contributed by atoms with Crippen LogP contribution in [0.5, 0.6) is 0 Å². The predicted molar refractivity (Wildman–Crippen MR) is 59.9 cm³/mol. The van der Waals surface area contributed by atoms with E-state index in [9.17, 15) is 9.90 Å². The first-order valence-corrected chi connectivity index (χ1v) is 5.78. The summed E-state index contributed by atoms with van der Waals surface area (Å²) in [6.45, 7) is 9.28. The van der Waals surface area contributed by atoms with E-state index in [1.807, 2.05) is 20.8 Å². The van der Waals surface area contributed by atoms with Gasteiger partial charge in [-0.05, 0) is 32.0 Å². The number of carboxylic acid groups (broad SMARTS) is 1. The van der Waals surface area contributed by atoms with E-state index >= 15 is 0 Å². The van der Waals surface area contributed by atoms with Gasteiger partial charge in [-0.15, -0.1) is 0 Å². The Kier molecular flexibility index (Phi) is 4.11. The van der Waals surface area contributed by atoms with Crippen LogP contribution >= 0.6 is 0 Å². The fourth-order valence-electron chi connectivity index (χ4n) is 2.72. The van der Waals surface area contributed by atoms with Crippen molar-refractivity contribution in [3.63, 3.8) is 0 Å². The molecule has 0 amide bonds. The molecule has 1 rings (SSSR count). The lowest BCUT2D eigenvalue weighted by molar-refractivity contribution is -0.157. The van der Waals surface area contributed by atoms with Crippen molar-refractivity contribution >= 4 is 5.97 Å². The normalized spacial score (nSPS) is 31.9. The maximum atomic E-state index is 11.6. The van der Waals surface area contributed by atoms with Crippen LogP contribution < -0.4 is 5.32 Å². The zero-order valence-electron chi connectivity index (χ0n) is 9.92. The van der Waals surface area contributed by atoms with Gasteiger partial charge in [0.2, 0.25) is 0 Å². The van der Waals surface area contributed by atoms with E-state index in [2.05, 4.69) is 10.2 Å². The van der Waals surface area contributed by atoms with Crippen LogP contribution in [0.4, 0.5) is 0 Å². The molecule has 15 heavy (non-hydrogen) atoms. The zero-order chi connectivity index (χ0) is 11.5. The van der Waals surface area contributed by atoms with Crippen molar-refractivity contribution in [2.45, 2.75) is 32.7 Å². The van der Waals surface area contributed by atoms with Crippen LogP contribution in [0.2, 0.25) is 0 Å². The van der Waals surface area contributed by atoms with Gasteiger partial charge < -0.3 is 10.4 Å². The molecule has 0 radical (unpaired) electrons. The van der Waals surface area contributed by atoms with E-state index in [4.69, 9.17) is 0 Å². The van der Waals surface area contributed by atoms with Gasteiger partial charge >= 0.3 is 5.97 Å². The number of aliphatic carboxylic acids is 1. The Balaban J connectivity index is 2.99. The highest BCUT2D eigenvalue weighted by atomic mass is 16.4. The van der Waals surface area contributed by atoms with Crippen LogP contribution in [0.25, 0.3) is 0 Å². The van der Waals surface area contributed by atoms with Gasteiger partial charge in [-0.25, -0.2) is 0 Å². The molecular weight excluding hydrogens is 192 g/mol. The van der Waals surface area contributed by atoms with Crippen LogP contribution in [0.3, 0.4) is 0 Å². The lowest BCUT2D eigenvalue weighted by atomic mass is 9.78. The van der Waals surface area contributed by atoms with Crippen molar-refractivity contribution in [3.8, 4) is 0 Å². The number of rotatable bonds is 4. The summed E-state index contributed by atoms with van der Waals surface area (Å²) in [5.41, 5.74) is -0.658. The van der Waals surface area contributed by atoms with Crippen molar-refractivity contribution in [1.29, 1.82) is 0 Å². The number of carboxylic acids is 1. The van der Waals surface area contributed by atoms with Crippen LogP contribution in [0.1, 0.15) is 27.2 Å². The van der Waals surface area contributed by atoms with E-state index in [1.54, 1.807) is 0 Å². The Morgan fingerprint density at radius 2 is 2.13 bits per heavy atom. The third-order valence-electron chi connectivity index (χ3n) is 3.65. The Morgan fingerprint density at radius 1 is 1.53 bits per heavy atom. The molecule has 88 valence electrons. The lowest BCUT2D eigenvalue weighted by Crippen LogP contribution is -2.64. The number of piperidine rings is 1. The Hall–Kier alpha value is -0.610. The van der Waals surface area contributed by atoms with Crippen LogP contribution in [-0.2, 0) is 4.79 Å². The summed E-state index contributed by atoms with van der Waals surface area (Å²) in [7, 11) is 0. The molecule has 0 spiro atoms. The van der Waals surface area contributed by atoms with Crippen LogP contribution in [0, 0.1) is 5.92 Å². The zero-order valence-corrected chi connectivity index (χ0v) is 9.92. The van der Waals surface area contributed by atoms with Crippen molar-refractivity contribution < 1.29 is 9.90 Å². The second-order valence-electron chi connectivity index (χ2n) is 4.26. The van der Waals surface area contributed by atoms with Crippen molar-refractivity contribution in [1.82, 2.24) is 10.2 Å². The Morgan fingerprint density at radius 3 is 2.53 bits per heavy atom. The van der Waals surface area contributed by atoms with E-state index in [0.29, 0.717) is 6.42 Å². The summed E-state index contributed by atoms with van der Waals surface area (Å²) in [6, 6.07) is 0. The average molecular weight is 214 g/mol. The lowest BCUT2D eigenvalue weighted by Gasteiger charge is -2.46. The maximum absolute atomic E-state index is 11.6. The van der Waals surface area contributed by atoms with Gasteiger partial charge in [-0.3, -0.25) is 9.69 Å². The first kappa shape index (κ1) is 12.5. The molecule has 0 aromatic carbocycles. The highest BCUT2D eigenvalue weighted by molar-refractivity contribution is 5.79. The van der Waals surface area contributed by atoms with Gasteiger partial charge in [-0.1, -0.05) is 20.8 Å². The molecule has 1 aliphatic heterocycles. The molecule has 1 aliphatic rings. The van der Waals surface area contributed by atoms with E-state index in [1.165, 1.54) is 0 Å². The smallest absolute Gasteiger partial charge is 0.324 e. The highest BCUT2D eigenvalue weighted by Crippen LogP contribution is 2.31. The standard InChI is InChI=1S/C11H22N2O2/c1-4-13(5-2)11(10(14)15)6-7-12-8-9(11)3/h9,12H,4-8H2,1-3H3,(H,14,15). The molecule has 2 unspecified atom stereocenters. The first-order valence-electron chi connectivity index (χ1n) is 5.78. The predicted octanol–water partition coefficient (Wildman–Crippen LogP) is 0.781. The topological polar surface area (TPSA) is 52.6 Å². The number of carbonyl (C=O) groups is 1. The minimum Gasteiger partial charge on any atom is -0.480 e. The maximum Gasteiger partial charge on any atom is 0.324 e.